The van der Waals surface area contributed by atoms with E-state index in [2.05, 4.69) is 5.32 Å². The molecule has 0 unspecified atom stereocenters. The topological polar surface area (TPSA) is 58.6 Å². The van der Waals surface area contributed by atoms with Gasteiger partial charge < -0.3 is 15.0 Å². The van der Waals surface area contributed by atoms with Gasteiger partial charge in [-0.15, -0.1) is 0 Å². The van der Waals surface area contributed by atoms with Gasteiger partial charge >= 0.3 is 0 Å². The van der Waals surface area contributed by atoms with Crippen LogP contribution in [0.1, 0.15) is 21.5 Å². The Morgan fingerprint density at radius 1 is 0.800 bits per heavy atom. The molecule has 4 aromatic carbocycles. The number of benzene rings is 4. The van der Waals surface area contributed by atoms with Gasteiger partial charge in [-0.25, -0.2) is 0 Å². The zero-order valence-electron chi connectivity index (χ0n) is 18.9. The van der Waals surface area contributed by atoms with Crippen molar-refractivity contribution in [1.82, 2.24) is 4.90 Å². The fraction of sp³-hybridized carbons (Fsp3) is 0.103. The van der Waals surface area contributed by atoms with Crippen LogP contribution in [-0.4, -0.2) is 22.8 Å². The van der Waals surface area contributed by atoms with Gasteiger partial charge in [-0.1, -0.05) is 60.1 Å². The average Bonchev–Trinajstić information content (AvgIpc) is 2.89. The van der Waals surface area contributed by atoms with Gasteiger partial charge in [0, 0.05) is 29.2 Å². The minimum absolute atomic E-state index is 0.228. The third-order valence-electron chi connectivity index (χ3n) is 5.98. The van der Waals surface area contributed by atoms with Gasteiger partial charge in [-0.05, 0) is 65.7 Å². The molecule has 0 fully saturated rings. The summed E-state index contributed by atoms with van der Waals surface area (Å²) in [7, 11) is 0. The average molecular weight is 483 g/mol. The van der Waals surface area contributed by atoms with Crippen LogP contribution in [0.15, 0.2) is 103 Å². The molecule has 1 N–H and O–H groups in total. The standard InChI is InChI=1S/C29H23ClN2O3/c30-23-13-15-24(16-14-23)31-28(33)27-18-20-7-4-5-8-22(20)19-32(27)29(34)21-9-6-12-26(17-21)35-25-10-2-1-3-11-25/h1-17,27H,18-19H2,(H,31,33)/t27-/m1/s1. The maximum atomic E-state index is 13.7. The smallest absolute Gasteiger partial charge is 0.254 e. The molecule has 0 aromatic heterocycles. The molecule has 0 saturated carbocycles. The third kappa shape index (κ3) is 5.20. The SMILES string of the molecule is O=C(Nc1ccc(Cl)cc1)[C@H]1Cc2ccccc2CN1C(=O)c1cccc(Oc2ccccc2)c1. The van der Waals surface area contributed by atoms with Crippen molar-refractivity contribution in [3.63, 3.8) is 0 Å². The second kappa shape index (κ2) is 10.0. The lowest BCUT2D eigenvalue weighted by atomic mass is 9.92. The minimum Gasteiger partial charge on any atom is -0.457 e. The molecule has 5 nitrogen and oxygen atoms in total. The van der Waals surface area contributed by atoms with Gasteiger partial charge in [0.15, 0.2) is 0 Å². The molecule has 174 valence electrons. The van der Waals surface area contributed by atoms with Gasteiger partial charge in [0.25, 0.3) is 5.91 Å². The van der Waals surface area contributed by atoms with E-state index in [1.54, 1.807) is 53.4 Å². The maximum Gasteiger partial charge on any atom is 0.254 e. The number of rotatable bonds is 5. The molecule has 6 heteroatoms. The Labute approximate surface area is 208 Å². The summed E-state index contributed by atoms with van der Waals surface area (Å²) in [6.45, 7) is 0.345. The Morgan fingerprint density at radius 2 is 1.49 bits per heavy atom. The van der Waals surface area contributed by atoms with E-state index in [1.165, 1.54) is 0 Å². The fourth-order valence-corrected chi connectivity index (χ4v) is 4.34. The Balaban J connectivity index is 1.42. The van der Waals surface area contributed by atoms with E-state index in [9.17, 15) is 9.59 Å². The van der Waals surface area contributed by atoms with Gasteiger partial charge in [-0.3, -0.25) is 9.59 Å². The first-order valence-electron chi connectivity index (χ1n) is 11.3. The van der Waals surface area contributed by atoms with Crippen LogP contribution >= 0.6 is 11.6 Å². The predicted octanol–water partition coefficient (Wildman–Crippen LogP) is 6.34. The highest BCUT2D eigenvalue weighted by Gasteiger charge is 2.35. The number of hydrogen-bond donors (Lipinski definition) is 1. The van der Waals surface area contributed by atoms with E-state index >= 15 is 0 Å². The number of nitrogens with one attached hydrogen (secondary N) is 1. The summed E-state index contributed by atoms with van der Waals surface area (Å²) < 4.78 is 5.91. The highest BCUT2D eigenvalue weighted by Crippen LogP contribution is 2.28. The molecule has 5 rings (SSSR count). The molecule has 0 saturated heterocycles. The molecular formula is C29H23ClN2O3. The molecule has 2 amide bonds. The second-order valence-electron chi connectivity index (χ2n) is 8.36. The van der Waals surface area contributed by atoms with Crippen LogP contribution in [0.4, 0.5) is 5.69 Å². The van der Waals surface area contributed by atoms with E-state index in [-0.39, 0.29) is 11.8 Å². The lowest BCUT2D eigenvalue weighted by Crippen LogP contribution is -2.50. The number of anilines is 1. The molecule has 1 aliphatic rings. The van der Waals surface area contributed by atoms with E-state index < -0.39 is 6.04 Å². The number of fused-ring (bicyclic) bond motifs is 1. The minimum atomic E-state index is -0.660. The molecule has 0 aliphatic carbocycles. The lowest BCUT2D eigenvalue weighted by Gasteiger charge is -2.36. The molecule has 0 radical (unpaired) electrons. The normalized spacial score (nSPS) is 14.7. The summed E-state index contributed by atoms with van der Waals surface area (Å²) in [6, 6.07) is 30.6. The van der Waals surface area contributed by atoms with E-state index in [4.69, 9.17) is 16.3 Å². The highest BCUT2D eigenvalue weighted by molar-refractivity contribution is 6.30. The van der Waals surface area contributed by atoms with Crippen LogP contribution in [0.3, 0.4) is 0 Å². The summed E-state index contributed by atoms with van der Waals surface area (Å²) >= 11 is 5.97. The van der Waals surface area contributed by atoms with Gasteiger partial charge in [-0.2, -0.15) is 0 Å². The molecule has 0 spiro atoms. The number of nitrogens with zero attached hydrogens (tertiary/aromatic N) is 1. The van der Waals surface area contributed by atoms with Crippen LogP contribution in [0.25, 0.3) is 0 Å². The monoisotopic (exact) mass is 482 g/mol. The van der Waals surface area contributed by atoms with E-state index in [0.717, 1.165) is 11.1 Å². The van der Waals surface area contributed by atoms with E-state index in [0.29, 0.717) is 40.7 Å². The Kier molecular flexibility index (Phi) is 6.51. The van der Waals surface area contributed by atoms with Crippen LogP contribution in [0.2, 0.25) is 5.02 Å². The molecule has 1 aliphatic heterocycles. The quantitative estimate of drug-likeness (QED) is 0.361. The highest BCUT2D eigenvalue weighted by atomic mass is 35.5. The molecular weight excluding hydrogens is 460 g/mol. The van der Waals surface area contributed by atoms with Crippen molar-refractivity contribution in [1.29, 1.82) is 0 Å². The van der Waals surface area contributed by atoms with E-state index in [1.807, 2.05) is 54.6 Å². The molecule has 1 atom stereocenters. The summed E-state index contributed by atoms with van der Waals surface area (Å²) in [5, 5.41) is 3.52. The van der Waals surface area contributed by atoms with Crippen molar-refractivity contribution in [3.8, 4) is 11.5 Å². The van der Waals surface area contributed by atoms with Crippen LogP contribution in [-0.2, 0) is 17.8 Å². The van der Waals surface area contributed by atoms with Gasteiger partial charge in [0.05, 0.1) is 0 Å². The van der Waals surface area contributed by atoms with Gasteiger partial charge in [0.2, 0.25) is 5.91 Å². The first-order valence-corrected chi connectivity index (χ1v) is 11.7. The fourth-order valence-electron chi connectivity index (χ4n) is 4.21. The zero-order valence-corrected chi connectivity index (χ0v) is 19.6. The number of halogens is 1. The predicted molar refractivity (Wildman–Crippen MR) is 137 cm³/mol. The number of hydrogen-bond acceptors (Lipinski definition) is 3. The molecule has 35 heavy (non-hydrogen) atoms. The number of carbonyl (C=O) groups excluding carboxylic acids is 2. The van der Waals surface area contributed by atoms with Crippen molar-refractivity contribution in [2.45, 2.75) is 19.0 Å². The van der Waals surface area contributed by atoms with Gasteiger partial charge in [0.1, 0.15) is 17.5 Å². The van der Waals surface area contributed by atoms with Crippen molar-refractivity contribution in [2.75, 3.05) is 5.32 Å². The first kappa shape index (κ1) is 22.7. The summed E-state index contributed by atoms with van der Waals surface area (Å²) in [5.41, 5.74) is 3.19. The molecule has 1 heterocycles. The Hall–Kier alpha value is -4.09. The largest absolute Gasteiger partial charge is 0.457 e. The number of carbonyl (C=O) groups is 2. The maximum absolute atomic E-state index is 13.7. The number of para-hydroxylation sites is 1. The van der Waals surface area contributed by atoms with Crippen LogP contribution in [0.5, 0.6) is 11.5 Å². The Morgan fingerprint density at radius 3 is 2.26 bits per heavy atom. The van der Waals surface area contributed by atoms with Crippen molar-refractivity contribution >= 4 is 29.1 Å². The number of ether oxygens (including phenoxy) is 1. The van der Waals surface area contributed by atoms with Crippen molar-refractivity contribution < 1.29 is 14.3 Å². The lowest BCUT2D eigenvalue weighted by molar-refractivity contribution is -0.121. The van der Waals surface area contributed by atoms with Crippen molar-refractivity contribution in [3.05, 3.63) is 125 Å². The number of amides is 2. The molecule has 4 aromatic rings. The first-order chi connectivity index (χ1) is 17.1. The van der Waals surface area contributed by atoms with Crippen LogP contribution < -0.4 is 10.1 Å². The second-order valence-corrected chi connectivity index (χ2v) is 8.80. The third-order valence-corrected chi connectivity index (χ3v) is 6.24. The van der Waals surface area contributed by atoms with Crippen molar-refractivity contribution in [2.24, 2.45) is 0 Å². The zero-order chi connectivity index (χ0) is 24.2. The summed E-state index contributed by atoms with van der Waals surface area (Å²) in [4.78, 5) is 28.7. The summed E-state index contributed by atoms with van der Waals surface area (Å²) in [5.74, 6) is 0.770. The molecule has 0 bridgehead atoms. The summed E-state index contributed by atoms with van der Waals surface area (Å²) in [6.07, 6.45) is 0.432. The van der Waals surface area contributed by atoms with Crippen LogP contribution in [0, 0.1) is 0 Å². The Bertz CT molecular complexity index is 1360.